The molecule has 0 aromatic heterocycles. The van der Waals surface area contributed by atoms with Gasteiger partial charge in [-0.2, -0.15) is 13.2 Å². The van der Waals surface area contributed by atoms with Crippen molar-refractivity contribution in [3.05, 3.63) is 29.6 Å². The van der Waals surface area contributed by atoms with Gasteiger partial charge in [-0.15, -0.1) is 25.6 Å². The van der Waals surface area contributed by atoms with E-state index < -0.39 is 36.6 Å². The molecule has 0 bridgehead atoms. The summed E-state index contributed by atoms with van der Waals surface area (Å²) in [5.41, 5.74) is -0.0405. The van der Waals surface area contributed by atoms with Crippen LogP contribution in [0.4, 0.5) is 30.7 Å². The Balaban J connectivity index is 0.00000312. The second-order valence-corrected chi connectivity index (χ2v) is 5.36. The molecule has 0 aliphatic carbocycles. The summed E-state index contributed by atoms with van der Waals surface area (Å²) in [6.07, 6.45) is -10.8. The summed E-state index contributed by atoms with van der Waals surface area (Å²) >= 11 is 0. The van der Waals surface area contributed by atoms with E-state index in [4.69, 9.17) is 0 Å². The van der Waals surface area contributed by atoms with Crippen LogP contribution in [-0.2, 0) is 0 Å². The molecule has 0 unspecified atom stereocenters. The molecule has 0 saturated carbocycles. The molecule has 1 fully saturated rings. The van der Waals surface area contributed by atoms with Gasteiger partial charge in [-0.3, -0.25) is 4.90 Å². The van der Waals surface area contributed by atoms with E-state index in [-0.39, 0.29) is 18.0 Å². The quantitative estimate of drug-likeness (QED) is 0.777. The summed E-state index contributed by atoms with van der Waals surface area (Å²) in [6, 6.07) is 1.23. The van der Waals surface area contributed by atoms with Crippen LogP contribution in [0, 0.1) is 5.82 Å². The molecular weight excluding hydrogens is 381 g/mol. The van der Waals surface area contributed by atoms with Crippen LogP contribution in [0.25, 0.3) is 0 Å². The highest BCUT2D eigenvalue weighted by atomic mass is 35.5. The first kappa shape index (κ1) is 21.8. The molecule has 1 N–H and O–H groups in total. The Morgan fingerprint density at radius 3 is 2.16 bits per heavy atom. The largest absolute Gasteiger partial charge is 0.573 e. The minimum Gasteiger partial charge on any atom is -0.403 e. The Morgan fingerprint density at radius 1 is 1.08 bits per heavy atom. The first-order chi connectivity index (χ1) is 11.1. The zero-order valence-corrected chi connectivity index (χ0v) is 13.6. The summed E-state index contributed by atoms with van der Waals surface area (Å²) < 4.78 is 92.2. The molecule has 144 valence electrons. The molecule has 0 amide bonds. The molecule has 3 nitrogen and oxygen atoms in total. The van der Waals surface area contributed by atoms with Gasteiger partial charge in [0, 0.05) is 32.2 Å². The predicted molar refractivity (Wildman–Crippen MR) is 78.2 cm³/mol. The second kappa shape index (κ2) is 8.41. The van der Waals surface area contributed by atoms with Crippen molar-refractivity contribution in [2.24, 2.45) is 0 Å². The smallest absolute Gasteiger partial charge is 0.403 e. The molecule has 1 saturated heterocycles. The molecule has 2 rings (SSSR count). The number of halogens is 8. The number of ether oxygens (including phenoxy) is 1. The number of hydrogen-bond acceptors (Lipinski definition) is 3. The fourth-order valence-electron chi connectivity index (χ4n) is 2.60. The lowest BCUT2D eigenvalue weighted by molar-refractivity contribution is -0.275. The fourth-order valence-corrected chi connectivity index (χ4v) is 2.60. The van der Waals surface area contributed by atoms with Gasteiger partial charge in [0.1, 0.15) is 0 Å². The van der Waals surface area contributed by atoms with Crippen LogP contribution in [-0.4, -0.2) is 43.6 Å². The highest BCUT2D eigenvalue weighted by Gasteiger charge is 2.37. The van der Waals surface area contributed by atoms with Crippen molar-refractivity contribution in [1.82, 2.24) is 10.2 Å². The van der Waals surface area contributed by atoms with E-state index in [2.05, 4.69) is 10.1 Å². The van der Waals surface area contributed by atoms with Crippen LogP contribution in [0.2, 0.25) is 0 Å². The molecule has 1 heterocycles. The van der Waals surface area contributed by atoms with Crippen LogP contribution in [0.3, 0.4) is 0 Å². The molecule has 11 heteroatoms. The van der Waals surface area contributed by atoms with E-state index in [0.29, 0.717) is 38.3 Å². The molecule has 1 aromatic rings. The molecule has 1 aliphatic heterocycles. The fraction of sp³-hybridized carbons (Fsp3) is 0.571. The van der Waals surface area contributed by atoms with Crippen molar-refractivity contribution in [3.8, 4) is 5.75 Å². The summed E-state index contributed by atoms with van der Waals surface area (Å²) in [5.74, 6) is -2.43. The van der Waals surface area contributed by atoms with E-state index in [1.807, 2.05) is 0 Å². The highest BCUT2D eigenvalue weighted by molar-refractivity contribution is 5.85. The molecule has 0 radical (unpaired) electrons. The van der Waals surface area contributed by atoms with Gasteiger partial charge >= 0.3 is 12.5 Å². The van der Waals surface area contributed by atoms with E-state index >= 15 is 0 Å². The summed E-state index contributed by atoms with van der Waals surface area (Å²) in [6.45, 7) is 1.60. The summed E-state index contributed by atoms with van der Waals surface area (Å²) in [4.78, 5) is 1.53. The average molecular weight is 397 g/mol. The third-order valence-electron chi connectivity index (χ3n) is 3.58. The van der Waals surface area contributed by atoms with Gasteiger partial charge in [0.05, 0.1) is 6.42 Å². The van der Waals surface area contributed by atoms with Crippen molar-refractivity contribution in [3.63, 3.8) is 0 Å². The van der Waals surface area contributed by atoms with Gasteiger partial charge < -0.3 is 10.1 Å². The zero-order valence-electron chi connectivity index (χ0n) is 12.8. The molecular formula is C14H16ClF7N2O. The standard InChI is InChI=1S/C14H15F7N2O.ClH/c15-10-7-9(1-2-12(10)24-14(19,20)21)11(8-13(16,17)18)23-5-3-22-4-6-23;/h1-2,7,11,22H,3-6,8H2;1H/t11-;/m0./s1. The molecule has 25 heavy (non-hydrogen) atoms. The molecule has 1 atom stereocenters. The van der Waals surface area contributed by atoms with Crippen molar-refractivity contribution >= 4 is 12.4 Å². The van der Waals surface area contributed by atoms with Crippen molar-refractivity contribution in [2.75, 3.05) is 26.2 Å². The summed E-state index contributed by atoms with van der Waals surface area (Å²) in [7, 11) is 0. The Hall–Kier alpha value is -1.26. The maximum absolute atomic E-state index is 13.8. The average Bonchev–Trinajstić information content (AvgIpc) is 2.46. The van der Waals surface area contributed by atoms with Crippen molar-refractivity contribution in [2.45, 2.75) is 25.0 Å². The van der Waals surface area contributed by atoms with Crippen molar-refractivity contribution in [1.29, 1.82) is 0 Å². The number of nitrogens with zero attached hydrogens (tertiary/aromatic N) is 1. The summed E-state index contributed by atoms with van der Waals surface area (Å²) in [5, 5.41) is 2.99. The van der Waals surface area contributed by atoms with Crippen LogP contribution in [0.5, 0.6) is 5.75 Å². The van der Waals surface area contributed by atoms with Gasteiger partial charge in [-0.25, -0.2) is 4.39 Å². The Morgan fingerprint density at radius 2 is 1.68 bits per heavy atom. The van der Waals surface area contributed by atoms with Gasteiger partial charge in [-0.05, 0) is 17.7 Å². The lowest BCUT2D eigenvalue weighted by Crippen LogP contribution is -2.46. The number of benzene rings is 1. The first-order valence-electron chi connectivity index (χ1n) is 7.12. The Labute approximate surface area is 145 Å². The SMILES string of the molecule is Cl.Fc1cc([C@H](CC(F)(F)F)N2CCNCC2)ccc1OC(F)(F)F. The third-order valence-corrected chi connectivity index (χ3v) is 3.58. The number of alkyl halides is 6. The zero-order chi connectivity index (χ0) is 18.0. The monoisotopic (exact) mass is 396 g/mol. The van der Waals surface area contributed by atoms with Crippen LogP contribution in [0.1, 0.15) is 18.0 Å². The minimum atomic E-state index is -5.08. The Kier molecular flexibility index (Phi) is 7.33. The molecule has 1 aromatic carbocycles. The third kappa shape index (κ3) is 6.87. The first-order valence-corrected chi connectivity index (χ1v) is 7.12. The number of hydrogen-bond donors (Lipinski definition) is 1. The van der Waals surface area contributed by atoms with Gasteiger partial charge in [0.15, 0.2) is 11.6 Å². The second-order valence-electron chi connectivity index (χ2n) is 5.36. The van der Waals surface area contributed by atoms with Crippen LogP contribution >= 0.6 is 12.4 Å². The minimum absolute atomic E-state index is 0. The van der Waals surface area contributed by atoms with Crippen LogP contribution < -0.4 is 10.1 Å². The highest BCUT2D eigenvalue weighted by Crippen LogP contribution is 2.36. The van der Waals surface area contributed by atoms with E-state index in [1.165, 1.54) is 4.90 Å². The van der Waals surface area contributed by atoms with Crippen LogP contribution in [0.15, 0.2) is 18.2 Å². The lowest BCUT2D eigenvalue weighted by atomic mass is 10.0. The Bertz CT molecular complexity index is 559. The van der Waals surface area contributed by atoms with Gasteiger partial charge in [0.2, 0.25) is 0 Å². The van der Waals surface area contributed by atoms with E-state index in [0.717, 1.165) is 6.07 Å². The maximum Gasteiger partial charge on any atom is 0.573 e. The number of rotatable bonds is 4. The normalized spacial score (nSPS) is 17.7. The topological polar surface area (TPSA) is 24.5 Å². The van der Waals surface area contributed by atoms with E-state index in [9.17, 15) is 30.7 Å². The number of nitrogens with one attached hydrogen (secondary N) is 1. The van der Waals surface area contributed by atoms with Gasteiger partial charge in [0.25, 0.3) is 0 Å². The molecule has 1 aliphatic rings. The maximum atomic E-state index is 13.8. The van der Waals surface area contributed by atoms with Gasteiger partial charge in [-0.1, -0.05) is 6.07 Å². The van der Waals surface area contributed by atoms with Crippen molar-refractivity contribution < 1.29 is 35.5 Å². The lowest BCUT2D eigenvalue weighted by Gasteiger charge is -2.35. The molecule has 0 spiro atoms. The predicted octanol–water partition coefficient (Wildman–Crippen LogP) is 4.04. The number of piperazine rings is 1. The van der Waals surface area contributed by atoms with E-state index in [1.54, 1.807) is 0 Å².